The van der Waals surface area contributed by atoms with Gasteiger partial charge < -0.3 is 9.88 Å². The minimum absolute atomic E-state index is 0.638. The molecule has 0 atom stereocenters. The van der Waals surface area contributed by atoms with Crippen molar-refractivity contribution in [3.63, 3.8) is 0 Å². The van der Waals surface area contributed by atoms with E-state index < -0.39 is 0 Å². The van der Waals surface area contributed by atoms with Gasteiger partial charge >= 0.3 is 0 Å². The summed E-state index contributed by atoms with van der Waals surface area (Å²) in [5, 5.41) is 14.8. The van der Waals surface area contributed by atoms with Gasteiger partial charge in [0.05, 0.1) is 29.9 Å². The van der Waals surface area contributed by atoms with Crippen LogP contribution in [0.1, 0.15) is 24.6 Å². The minimum atomic E-state index is 0.638. The second-order valence-corrected chi connectivity index (χ2v) is 5.15. The quantitative estimate of drug-likeness (QED) is 0.772. The number of hydrogen-bond acceptors (Lipinski definition) is 5. The van der Waals surface area contributed by atoms with E-state index in [-0.39, 0.29) is 0 Å². The van der Waals surface area contributed by atoms with Gasteiger partial charge in [-0.3, -0.25) is 0 Å². The fourth-order valence-electron chi connectivity index (χ4n) is 2.43. The normalized spacial score (nSPS) is 14.3. The molecule has 0 amide bonds. The molecule has 1 aliphatic carbocycles. The molecule has 106 valence electrons. The van der Waals surface area contributed by atoms with E-state index in [4.69, 9.17) is 0 Å². The summed E-state index contributed by atoms with van der Waals surface area (Å²) in [7, 11) is 0. The van der Waals surface area contributed by atoms with E-state index >= 15 is 0 Å². The average molecular weight is 281 g/mol. The lowest BCUT2D eigenvalue weighted by Crippen LogP contribution is -2.08. The van der Waals surface area contributed by atoms with E-state index in [2.05, 4.69) is 30.4 Å². The molecule has 1 saturated carbocycles. The first-order valence-electron chi connectivity index (χ1n) is 6.99. The molecule has 7 heteroatoms. The first-order valence-corrected chi connectivity index (χ1v) is 6.99. The number of hydrogen-bond donors (Lipinski definition) is 1. The van der Waals surface area contributed by atoms with E-state index in [9.17, 15) is 0 Å². The highest BCUT2D eigenvalue weighted by atomic mass is 15.5. The highest BCUT2D eigenvalue weighted by Gasteiger charge is 2.25. The lowest BCUT2D eigenvalue weighted by atomic mass is 10.2. The van der Waals surface area contributed by atoms with Crippen molar-refractivity contribution in [1.82, 2.24) is 29.8 Å². The Morgan fingerprint density at radius 1 is 1.19 bits per heavy atom. The van der Waals surface area contributed by atoms with Crippen molar-refractivity contribution in [2.24, 2.45) is 0 Å². The molecule has 1 aromatic carbocycles. The van der Waals surface area contributed by atoms with Crippen LogP contribution in [0.25, 0.3) is 5.69 Å². The SMILES string of the molecule is c1ccc(-n2cnnn2)c(NCc2cncn2C2CC2)c1. The van der Waals surface area contributed by atoms with Gasteiger partial charge in [-0.15, -0.1) is 5.10 Å². The van der Waals surface area contributed by atoms with Gasteiger partial charge in [0.25, 0.3) is 0 Å². The van der Waals surface area contributed by atoms with Crippen LogP contribution >= 0.6 is 0 Å². The van der Waals surface area contributed by atoms with Crippen molar-refractivity contribution in [2.45, 2.75) is 25.4 Å². The van der Waals surface area contributed by atoms with Crippen LogP contribution in [0, 0.1) is 0 Å². The van der Waals surface area contributed by atoms with E-state index in [1.807, 2.05) is 36.8 Å². The number of benzene rings is 1. The summed E-state index contributed by atoms with van der Waals surface area (Å²) in [5.41, 5.74) is 3.12. The fourth-order valence-corrected chi connectivity index (χ4v) is 2.43. The lowest BCUT2D eigenvalue weighted by Gasteiger charge is -2.12. The van der Waals surface area contributed by atoms with Crippen LogP contribution in [-0.4, -0.2) is 29.8 Å². The molecule has 0 radical (unpaired) electrons. The highest BCUT2D eigenvalue weighted by Crippen LogP contribution is 2.35. The standard InChI is InChI=1S/C14H15N7/c1-2-4-14(21-10-17-18-19-21)13(3-1)16-8-12-7-15-9-20(12)11-5-6-11/h1-4,7,9-11,16H,5-6,8H2. The van der Waals surface area contributed by atoms with E-state index in [0.717, 1.165) is 17.9 Å². The van der Waals surface area contributed by atoms with Gasteiger partial charge in [0.2, 0.25) is 0 Å². The molecule has 0 spiro atoms. The number of nitrogens with one attached hydrogen (secondary N) is 1. The Hall–Kier alpha value is -2.70. The molecule has 0 saturated heterocycles. The zero-order valence-corrected chi connectivity index (χ0v) is 11.4. The third-order valence-electron chi connectivity index (χ3n) is 3.65. The van der Waals surface area contributed by atoms with Crippen LogP contribution < -0.4 is 5.32 Å². The predicted molar refractivity (Wildman–Crippen MR) is 77.0 cm³/mol. The number of imidazole rings is 1. The monoisotopic (exact) mass is 281 g/mol. The summed E-state index contributed by atoms with van der Waals surface area (Å²) in [6, 6.07) is 8.61. The summed E-state index contributed by atoms with van der Waals surface area (Å²) >= 11 is 0. The summed E-state index contributed by atoms with van der Waals surface area (Å²) in [6.45, 7) is 0.732. The van der Waals surface area contributed by atoms with Gasteiger partial charge in [-0.1, -0.05) is 12.1 Å². The third-order valence-corrected chi connectivity index (χ3v) is 3.65. The van der Waals surface area contributed by atoms with Gasteiger partial charge in [-0.25, -0.2) is 4.98 Å². The molecule has 0 unspecified atom stereocenters. The number of aromatic nitrogens is 6. The first kappa shape index (κ1) is 12.1. The Labute approximate surface area is 121 Å². The largest absolute Gasteiger partial charge is 0.378 e. The molecule has 0 bridgehead atoms. The number of para-hydroxylation sites is 2. The third kappa shape index (κ3) is 2.37. The zero-order chi connectivity index (χ0) is 14.1. The molecule has 1 fully saturated rings. The molecule has 1 N–H and O–H groups in total. The fraction of sp³-hybridized carbons (Fsp3) is 0.286. The summed E-state index contributed by atoms with van der Waals surface area (Å²) < 4.78 is 3.91. The molecule has 7 nitrogen and oxygen atoms in total. The first-order chi connectivity index (χ1) is 10.4. The number of nitrogens with zero attached hydrogens (tertiary/aromatic N) is 6. The van der Waals surface area contributed by atoms with Crippen LogP contribution in [0.3, 0.4) is 0 Å². The van der Waals surface area contributed by atoms with Gasteiger partial charge in [0.1, 0.15) is 6.33 Å². The van der Waals surface area contributed by atoms with Gasteiger partial charge in [0, 0.05) is 12.2 Å². The number of tetrazole rings is 1. The van der Waals surface area contributed by atoms with E-state index in [1.165, 1.54) is 18.5 Å². The Bertz CT molecular complexity index is 727. The zero-order valence-electron chi connectivity index (χ0n) is 11.4. The molecule has 3 aromatic rings. The molecule has 2 heterocycles. The second kappa shape index (κ2) is 5.01. The Morgan fingerprint density at radius 3 is 2.90 bits per heavy atom. The molecule has 4 rings (SSSR count). The van der Waals surface area contributed by atoms with Crippen LogP contribution in [0.4, 0.5) is 5.69 Å². The maximum absolute atomic E-state index is 4.25. The van der Waals surface area contributed by atoms with E-state index in [0.29, 0.717) is 6.04 Å². The Balaban J connectivity index is 1.56. The van der Waals surface area contributed by atoms with Gasteiger partial charge in [-0.2, -0.15) is 4.68 Å². The molecule has 1 aliphatic rings. The van der Waals surface area contributed by atoms with Crippen LogP contribution in [0.15, 0.2) is 43.1 Å². The van der Waals surface area contributed by atoms with Crippen molar-refractivity contribution in [3.05, 3.63) is 48.8 Å². The van der Waals surface area contributed by atoms with Crippen molar-refractivity contribution in [2.75, 3.05) is 5.32 Å². The maximum Gasteiger partial charge on any atom is 0.143 e. The lowest BCUT2D eigenvalue weighted by molar-refractivity contribution is 0.700. The van der Waals surface area contributed by atoms with Crippen molar-refractivity contribution >= 4 is 5.69 Å². The Morgan fingerprint density at radius 2 is 2.10 bits per heavy atom. The predicted octanol–water partition coefficient (Wildman–Crippen LogP) is 1.81. The van der Waals surface area contributed by atoms with Crippen molar-refractivity contribution in [1.29, 1.82) is 0 Å². The highest BCUT2D eigenvalue weighted by molar-refractivity contribution is 5.60. The molecular formula is C14H15N7. The van der Waals surface area contributed by atoms with E-state index in [1.54, 1.807) is 11.0 Å². The number of anilines is 1. The van der Waals surface area contributed by atoms with Crippen LogP contribution in [0.5, 0.6) is 0 Å². The number of rotatable bonds is 5. The van der Waals surface area contributed by atoms with Crippen molar-refractivity contribution < 1.29 is 0 Å². The van der Waals surface area contributed by atoms with Crippen LogP contribution in [-0.2, 0) is 6.54 Å². The van der Waals surface area contributed by atoms with Gasteiger partial charge in [0.15, 0.2) is 0 Å². The molecule has 2 aromatic heterocycles. The van der Waals surface area contributed by atoms with Crippen LogP contribution in [0.2, 0.25) is 0 Å². The molecule has 21 heavy (non-hydrogen) atoms. The molecular weight excluding hydrogens is 266 g/mol. The van der Waals surface area contributed by atoms with Gasteiger partial charge in [-0.05, 0) is 35.4 Å². The second-order valence-electron chi connectivity index (χ2n) is 5.15. The topological polar surface area (TPSA) is 73.5 Å². The average Bonchev–Trinajstić information content (AvgIpc) is 3.04. The summed E-state index contributed by atoms with van der Waals surface area (Å²) in [5.74, 6) is 0. The smallest absolute Gasteiger partial charge is 0.143 e. The minimum Gasteiger partial charge on any atom is -0.378 e. The molecule has 0 aliphatic heterocycles. The summed E-state index contributed by atoms with van der Waals surface area (Å²) in [4.78, 5) is 4.25. The Kier molecular flexibility index (Phi) is 2.88. The summed E-state index contributed by atoms with van der Waals surface area (Å²) in [6.07, 6.45) is 7.94. The maximum atomic E-state index is 4.25. The van der Waals surface area contributed by atoms with Crippen molar-refractivity contribution in [3.8, 4) is 5.69 Å².